The summed E-state index contributed by atoms with van der Waals surface area (Å²) in [6, 6.07) is 0.193. The third-order valence-electron chi connectivity index (χ3n) is 2.98. The van der Waals surface area contributed by atoms with E-state index in [1.807, 2.05) is 26.8 Å². The van der Waals surface area contributed by atoms with E-state index >= 15 is 0 Å². The van der Waals surface area contributed by atoms with Crippen LogP contribution in [0.25, 0.3) is 0 Å². The number of carbonyl (C=O) groups excluding carboxylic acids is 1. The van der Waals surface area contributed by atoms with Crippen LogP contribution in [0.2, 0.25) is 0 Å². The van der Waals surface area contributed by atoms with Gasteiger partial charge in [-0.1, -0.05) is 12.7 Å². The number of hydrazine groups is 1. The van der Waals surface area contributed by atoms with Gasteiger partial charge in [0, 0.05) is 26.2 Å². The van der Waals surface area contributed by atoms with Gasteiger partial charge in [-0.2, -0.15) is 0 Å². The van der Waals surface area contributed by atoms with Crippen LogP contribution in [0.15, 0.2) is 24.6 Å². The lowest BCUT2D eigenvalue weighted by atomic mass is 10.1. The van der Waals surface area contributed by atoms with Crippen molar-refractivity contribution in [1.82, 2.24) is 21.1 Å². The zero-order chi connectivity index (χ0) is 15.9. The van der Waals surface area contributed by atoms with Crippen LogP contribution >= 0.6 is 0 Å². The van der Waals surface area contributed by atoms with E-state index in [2.05, 4.69) is 22.7 Å². The Morgan fingerprint density at radius 3 is 2.71 bits per heavy atom. The first-order valence-corrected chi connectivity index (χ1v) is 7.35. The van der Waals surface area contributed by atoms with Gasteiger partial charge in [0.15, 0.2) is 0 Å². The number of ether oxygens (including phenoxy) is 1. The van der Waals surface area contributed by atoms with Crippen molar-refractivity contribution in [3.63, 3.8) is 0 Å². The van der Waals surface area contributed by atoms with E-state index < -0.39 is 5.60 Å². The van der Waals surface area contributed by atoms with Crippen LogP contribution < -0.4 is 16.2 Å². The summed E-state index contributed by atoms with van der Waals surface area (Å²) >= 11 is 0. The maximum atomic E-state index is 12.1. The monoisotopic (exact) mass is 296 g/mol. The van der Waals surface area contributed by atoms with Gasteiger partial charge in [0.05, 0.1) is 0 Å². The minimum atomic E-state index is -0.459. The second kappa shape index (κ2) is 7.93. The van der Waals surface area contributed by atoms with Crippen LogP contribution in [0.4, 0.5) is 4.79 Å². The van der Waals surface area contributed by atoms with E-state index in [4.69, 9.17) is 4.74 Å². The summed E-state index contributed by atoms with van der Waals surface area (Å²) in [6.07, 6.45) is 5.28. The van der Waals surface area contributed by atoms with Crippen molar-refractivity contribution in [2.45, 2.75) is 45.3 Å². The Hall–Kier alpha value is -1.69. The quantitative estimate of drug-likeness (QED) is 0.532. The predicted molar refractivity (Wildman–Crippen MR) is 84.4 cm³/mol. The molecule has 0 spiro atoms. The lowest BCUT2D eigenvalue weighted by molar-refractivity contribution is 0.0190. The average Bonchev–Trinajstić information content (AvgIpc) is 2.37. The van der Waals surface area contributed by atoms with Crippen molar-refractivity contribution in [2.24, 2.45) is 0 Å². The highest BCUT2D eigenvalue weighted by molar-refractivity contribution is 5.68. The summed E-state index contributed by atoms with van der Waals surface area (Å²) in [5, 5.41) is 3.37. The average molecular weight is 296 g/mol. The van der Waals surface area contributed by atoms with Crippen molar-refractivity contribution in [2.75, 3.05) is 20.1 Å². The molecule has 3 N–H and O–H groups in total. The number of carbonyl (C=O) groups is 1. The molecule has 1 fully saturated rings. The molecule has 1 aliphatic rings. The molecule has 6 nitrogen and oxygen atoms in total. The van der Waals surface area contributed by atoms with E-state index in [0.717, 1.165) is 25.2 Å². The first-order chi connectivity index (χ1) is 9.85. The number of hydrogen-bond donors (Lipinski definition) is 3. The second-order valence-electron chi connectivity index (χ2n) is 6.10. The Morgan fingerprint density at radius 1 is 1.43 bits per heavy atom. The van der Waals surface area contributed by atoms with Gasteiger partial charge in [0.1, 0.15) is 11.4 Å². The van der Waals surface area contributed by atoms with Crippen LogP contribution in [0.1, 0.15) is 33.6 Å². The van der Waals surface area contributed by atoms with E-state index in [1.54, 1.807) is 18.0 Å². The first-order valence-electron chi connectivity index (χ1n) is 7.35. The number of likely N-dealkylation sites (tertiary alicyclic amines) is 1. The highest BCUT2D eigenvalue weighted by atomic mass is 16.6. The summed E-state index contributed by atoms with van der Waals surface area (Å²) in [7, 11) is 1.80. The lowest BCUT2D eigenvalue weighted by Crippen LogP contribution is -2.51. The van der Waals surface area contributed by atoms with Crippen molar-refractivity contribution >= 4 is 6.09 Å². The number of amides is 1. The Kier molecular flexibility index (Phi) is 6.55. The van der Waals surface area contributed by atoms with Crippen LogP contribution in [0.5, 0.6) is 0 Å². The Bertz CT molecular complexity index is 388. The number of nitrogens with zero attached hydrogens (tertiary/aromatic N) is 1. The molecule has 1 heterocycles. The molecule has 0 aliphatic carbocycles. The fourth-order valence-electron chi connectivity index (χ4n) is 2.19. The molecular formula is C15H28N4O2. The molecule has 0 radical (unpaired) electrons. The van der Waals surface area contributed by atoms with Gasteiger partial charge in [0.2, 0.25) is 0 Å². The van der Waals surface area contributed by atoms with Gasteiger partial charge in [-0.25, -0.2) is 10.2 Å². The largest absolute Gasteiger partial charge is 0.444 e. The maximum absolute atomic E-state index is 12.1. The molecule has 120 valence electrons. The highest BCUT2D eigenvalue weighted by Crippen LogP contribution is 2.15. The summed E-state index contributed by atoms with van der Waals surface area (Å²) in [5.74, 6) is 0.837. The van der Waals surface area contributed by atoms with Gasteiger partial charge in [-0.3, -0.25) is 0 Å². The number of rotatable bonds is 5. The molecule has 6 heteroatoms. The fourth-order valence-corrected chi connectivity index (χ4v) is 2.19. The van der Waals surface area contributed by atoms with Crippen molar-refractivity contribution in [3.05, 3.63) is 24.6 Å². The molecule has 1 rings (SSSR count). The zero-order valence-electron chi connectivity index (χ0n) is 13.5. The molecule has 0 aromatic rings. The lowest BCUT2D eigenvalue weighted by Gasteiger charge is -2.35. The van der Waals surface area contributed by atoms with Crippen LogP contribution in [0, 0.1) is 0 Å². The van der Waals surface area contributed by atoms with Crippen LogP contribution in [-0.2, 0) is 4.74 Å². The van der Waals surface area contributed by atoms with Gasteiger partial charge >= 0.3 is 6.09 Å². The minimum absolute atomic E-state index is 0.193. The van der Waals surface area contributed by atoms with E-state index in [1.165, 1.54) is 0 Å². The predicted octanol–water partition coefficient (Wildman–Crippen LogP) is 1.73. The van der Waals surface area contributed by atoms with Crippen molar-refractivity contribution < 1.29 is 9.53 Å². The molecule has 1 unspecified atom stereocenters. The summed E-state index contributed by atoms with van der Waals surface area (Å²) in [6.45, 7) is 10.7. The maximum Gasteiger partial charge on any atom is 0.410 e. The number of piperidine rings is 1. The number of nitrogens with one attached hydrogen (secondary N) is 3. The van der Waals surface area contributed by atoms with Gasteiger partial charge < -0.3 is 20.4 Å². The Balaban J connectivity index is 2.57. The van der Waals surface area contributed by atoms with E-state index in [0.29, 0.717) is 6.54 Å². The molecule has 0 saturated carbocycles. The Morgan fingerprint density at radius 2 is 2.14 bits per heavy atom. The smallest absolute Gasteiger partial charge is 0.410 e. The summed E-state index contributed by atoms with van der Waals surface area (Å²) in [4.78, 5) is 13.9. The van der Waals surface area contributed by atoms with Crippen molar-refractivity contribution in [3.8, 4) is 0 Å². The fraction of sp³-hybridized carbons (Fsp3) is 0.667. The third kappa shape index (κ3) is 6.53. The zero-order valence-corrected chi connectivity index (χ0v) is 13.5. The molecule has 0 aromatic heterocycles. The van der Waals surface area contributed by atoms with Gasteiger partial charge in [-0.05, 0) is 39.7 Å². The molecule has 21 heavy (non-hydrogen) atoms. The number of allylic oxidation sites excluding steroid dienone is 2. The van der Waals surface area contributed by atoms with E-state index in [-0.39, 0.29) is 12.1 Å². The van der Waals surface area contributed by atoms with Gasteiger partial charge in [-0.15, -0.1) is 0 Å². The van der Waals surface area contributed by atoms with E-state index in [9.17, 15) is 4.79 Å². The van der Waals surface area contributed by atoms with Crippen LogP contribution in [-0.4, -0.2) is 42.8 Å². The molecule has 1 atom stereocenters. The van der Waals surface area contributed by atoms with Crippen molar-refractivity contribution in [1.29, 1.82) is 0 Å². The van der Waals surface area contributed by atoms with Crippen LogP contribution in [0.3, 0.4) is 0 Å². The topological polar surface area (TPSA) is 65.6 Å². The second-order valence-corrected chi connectivity index (χ2v) is 6.10. The summed E-state index contributed by atoms with van der Waals surface area (Å²) < 4.78 is 5.43. The molecular weight excluding hydrogens is 268 g/mol. The summed E-state index contributed by atoms with van der Waals surface area (Å²) in [5.41, 5.74) is 5.42. The molecule has 1 aliphatic heterocycles. The normalized spacial score (nSPS) is 19.9. The Labute approximate surface area is 127 Å². The highest BCUT2D eigenvalue weighted by Gasteiger charge is 2.27. The minimum Gasteiger partial charge on any atom is -0.444 e. The van der Waals surface area contributed by atoms with Gasteiger partial charge in [0.25, 0.3) is 0 Å². The molecule has 1 amide bonds. The third-order valence-corrected chi connectivity index (χ3v) is 2.98. The molecule has 0 bridgehead atoms. The first kappa shape index (κ1) is 17.4. The number of hydrogen-bond acceptors (Lipinski definition) is 5. The SMILES string of the molecule is C=C/C=C(\NNC)NC1CCCN(C(=O)OC(C)(C)C)C1. The molecule has 0 aromatic carbocycles. The molecule has 1 saturated heterocycles. The standard InChI is InChI=1S/C15H28N4O2/c1-6-8-13(18-16-5)17-12-9-7-10-19(11-12)14(20)21-15(2,3)4/h6,8,12,16-18H,1,7,9-11H2,2-5H3/b13-8-.